The molecule has 34 heavy (non-hydrogen) atoms. The van der Waals surface area contributed by atoms with Crippen molar-refractivity contribution in [3.05, 3.63) is 36.3 Å². The van der Waals surface area contributed by atoms with Gasteiger partial charge in [0.15, 0.2) is 0 Å². The molecule has 2 atom stereocenters. The van der Waals surface area contributed by atoms with E-state index < -0.39 is 24.3 Å². The summed E-state index contributed by atoms with van der Waals surface area (Å²) in [6.07, 6.45) is -6.81. The van der Waals surface area contributed by atoms with Gasteiger partial charge >= 0.3 is 24.3 Å². The van der Waals surface area contributed by atoms with Gasteiger partial charge < -0.3 is 19.4 Å². The number of carboxylic acids is 2. The zero-order valence-electron chi connectivity index (χ0n) is 18.2. The number of furan rings is 1. The number of piperazine rings is 1. The zero-order valence-corrected chi connectivity index (χ0v) is 18.2. The number of alkyl halides is 6. The highest BCUT2D eigenvalue weighted by Gasteiger charge is 2.39. The number of rotatable bonds is 5. The Morgan fingerprint density at radius 1 is 1.12 bits per heavy atom. The lowest BCUT2D eigenvalue weighted by molar-refractivity contribution is -0.193. The molecule has 0 bridgehead atoms. The van der Waals surface area contributed by atoms with Gasteiger partial charge in [-0.3, -0.25) is 9.80 Å². The molecule has 1 aromatic heterocycles. The smallest absolute Gasteiger partial charge is 0.475 e. The van der Waals surface area contributed by atoms with Crippen LogP contribution in [0.4, 0.5) is 26.3 Å². The molecule has 0 radical (unpaired) electrons. The first kappa shape index (κ1) is 29.5. The number of aryl methyl sites for hydroxylation is 1. The number of halogens is 6. The van der Waals surface area contributed by atoms with Crippen LogP contribution in [0, 0.1) is 6.92 Å². The number of fused-ring (bicyclic) bond motifs is 1. The van der Waals surface area contributed by atoms with Crippen LogP contribution in [0.15, 0.2) is 29.2 Å². The molecular formula is C20H26F6N2O6. The van der Waals surface area contributed by atoms with E-state index in [1.807, 2.05) is 19.1 Å². The quantitative estimate of drug-likeness (QED) is 0.465. The van der Waals surface area contributed by atoms with Crippen LogP contribution in [0.2, 0.25) is 0 Å². The molecule has 2 aliphatic rings. The van der Waals surface area contributed by atoms with Crippen LogP contribution in [0.1, 0.15) is 17.9 Å². The average molecular weight is 504 g/mol. The van der Waals surface area contributed by atoms with E-state index in [-0.39, 0.29) is 0 Å². The summed E-state index contributed by atoms with van der Waals surface area (Å²) in [6.45, 7) is 11.8. The van der Waals surface area contributed by atoms with Gasteiger partial charge in [-0.1, -0.05) is 6.08 Å². The van der Waals surface area contributed by atoms with E-state index in [4.69, 9.17) is 29.0 Å². The number of nitrogens with zero attached hydrogens (tertiary/aromatic N) is 2. The normalized spacial score (nSPS) is 20.9. The zero-order chi connectivity index (χ0) is 26.1. The van der Waals surface area contributed by atoms with E-state index in [2.05, 4.69) is 22.4 Å². The standard InChI is InChI=1S/C16H24N2O2.2C2HF3O2/c1-3-8-19-16-9-14-10-17(6-7-18(14)12-16)11-15-5-4-13(2)20-15;2*3-2(4,5)1(6)7/h3-5,14,16H,1,6-12H2,2H3;2*(H,6,7)/t14-,16+;;/m0../s1. The Bertz CT molecular complexity index is 786. The van der Waals surface area contributed by atoms with E-state index in [9.17, 15) is 26.3 Å². The highest BCUT2D eigenvalue weighted by Crippen LogP contribution is 2.25. The van der Waals surface area contributed by atoms with Gasteiger partial charge in [0, 0.05) is 32.2 Å². The fourth-order valence-corrected chi connectivity index (χ4v) is 3.32. The first-order valence-electron chi connectivity index (χ1n) is 9.98. The van der Waals surface area contributed by atoms with Crippen LogP contribution in [-0.2, 0) is 20.9 Å². The summed E-state index contributed by atoms with van der Waals surface area (Å²) in [5.41, 5.74) is 0. The van der Waals surface area contributed by atoms with Crippen LogP contribution in [0.25, 0.3) is 0 Å². The molecule has 194 valence electrons. The summed E-state index contributed by atoms with van der Waals surface area (Å²) in [5, 5.41) is 14.2. The number of carboxylic acid groups (broad SMARTS) is 2. The maximum absolute atomic E-state index is 10.6. The molecule has 0 unspecified atom stereocenters. The third-order valence-electron chi connectivity index (χ3n) is 4.77. The van der Waals surface area contributed by atoms with Crippen LogP contribution in [0.5, 0.6) is 0 Å². The van der Waals surface area contributed by atoms with Gasteiger partial charge in [-0.15, -0.1) is 6.58 Å². The van der Waals surface area contributed by atoms with Crippen molar-refractivity contribution in [1.82, 2.24) is 9.80 Å². The van der Waals surface area contributed by atoms with Crippen molar-refractivity contribution >= 4 is 11.9 Å². The molecule has 14 heteroatoms. The lowest BCUT2D eigenvalue weighted by Gasteiger charge is -2.36. The third-order valence-corrected chi connectivity index (χ3v) is 4.77. The number of hydrogen-bond acceptors (Lipinski definition) is 6. The number of carbonyl (C=O) groups is 2. The van der Waals surface area contributed by atoms with Crippen molar-refractivity contribution in [2.24, 2.45) is 0 Å². The summed E-state index contributed by atoms with van der Waals surface area (Å²) in [5.74, 6) is -3.44. The monoisotopic (exact) mass is 504 g/mol. The fraction of sp³-hybridized carbons (Fsp3) is 0.600. The summed E-state index contributed by atoms with van der Waals surface area (Å²) in [7, 11) is 0. The lowest BCUT2D eigenvalue weighted by Crippen LogP contribution is -2.49. The number of hydrogen-bond donors (Lipinski definition) is 2. The van der Waals surface area contributed by atoms with Gasteiger partial charge in [-0.25, -0.2) is 9.59 Å². The minimum Gasteiger partial charge on any atom is -0.475 e. The maximum atomic E-state index is 10.6. The van der Waals surface area contributed by atoms with Crippen molar-refractivity contribution < 1.29 is 55.3 Å². The number of aliphatic carboxylic acids is 2. The fourth-order valence-electron chi connectivity index (χ4n) is 3.32. The Morgan fingerprint density at radius 3 is 2.12 bits per heavy atom. The Kier molecular flexibility index (Phi) is 11.1. The predicted molar refractivity (Wildman–Crippen MR) is 106 cm³/mol. The van der Waals surface area contributed by atoms with Crippen LogP contribution < -0.4 is 0 Å². The molecule has 0 spiro atoms. The maximum Gasteiger partial charge on any atom is 0.490 e. The molecule has 2 fully saturated rings. The summed E-state index contributed by atoms with van der Waals surface area (Å²) >= 11 is 0. The highest BCUT2D eigenvalue weighted by atomic mass is 19.4. The van der Waals surface area contributed by atoms with Gasteiger partial charge in [0.25, 0.3) is 0 Å². The van der Waals surface area contributed by atoms with Gasteiger partial charge in [0.1, 0.15) is 11.5 Å². The molecule has 2 N–H and O–H groups in total. The highest BCUT2D eigenvalue weighted by molar-refractivity contribution is 5.73. The Morgan fingerprint density at radius 2 is 1.68 bits per heavy atom. The van der Waals surface area contributed by atoms with Crippen molar-refractivity contribution in [2.45, 2.75) is 44.4 Å². The average Bonchev–Trinajstić information content (AvgIpc) is 3.31. The van der Waals surface area contributed by atoms with E-state index in [0.717, 1.165) is 50.7 Å². The van der Waals surface area contributed by atoms with Crippen LogP contribution >= 0.6 is 0 Å². The molecule has 3 heterocycles. The van der Waals surface area contributed by atoms with E-state index in [1.165, 1.54) is 0 Å². The minimum absolute atomic E-state index is 0.379. The summed E-state index contributed by atoms with van der Waals surface area (Å²) < 4.78 is 75.0. The molecule has 1 aromatic rings. The van der Waals surface area contributed by atoms with Crippen LogP contribution in [-0.4, -0.2) is 89.2 Å². The lowest BCUT2D eigenvalue weighted by atomic mass is 10.1. The van der Waals surface area contributed by atoms with Crippen molar-refractivity contribution in [1.29, 1.82) is 0 Å². The Balaban J connectivity index is 0.000000343. The molecule has 8 nitrogen and oxygen atoms in total. The predicted octanol–water partition coefficient (Wildman–Crippen LogP) is 3.32. The van der Waals surface area contributed by atoms with Gasteiger partial charge in [0.2, 0.25) is 0 Å². The molecule has 0 aromatic carbocycles. The van der Waals surface area contributed by atoms with Gasteiger partial charge in [-0.2, -0.15) is 26.3 Å². The third kappa shape index (κ3) is 10.6. The Hall–Kier alpha value is -2.58. The molecule has 0 amide bonds. The largest absolute Gasteiger partial charge is 0.490 e. The van der Waals surface area contributed by atoms with Crippen molar-refractivity contribution in [3.63, 3.8) is 0 Å². The molecular weight excluding hydrogens is 478 g/mol. The van der Waals surface area contributed by atoms with Crippen molar-refractivity contribution in [2.75, 3.05) is 32.8 Å². The van der Waals surface area contributed by atoms with Gasteiger partial charge in [-0.05, 0) is 25.5 Å². The number of ether oxygens (including phenoxy) is 1. The second kappa shape index (κ2) is 12.8. The molecule has 0 saturated carbocycles. The molecule has 0 aliphatic carbocycles. The van der Waals surface area contributed by atoms with Crippen molar-refractivity contribution in [3.8, 4) is 0 Å². The summed E-state index contributed by atoms with van der Waals surface area (Å²) in [6, 6.07) is 4.77. The Labute approximate surface area is 191 Å². The van der Waals surface area contributed by atoms with Crippen LogP contribution in [0.3, 0.4) is 0 Å². The van der Waals surface area contributed by atoms with E-state index >= 15 is 0 Å². The first-order valence-corrected chi connectivity index (χ1v) is 9.98. The molecule has 2 aliphatic heterocycles. The van der Waals surface area contributed by atoms with E-state index in [0.29, 0.717) is 18.8 Å². The van der Waals surface area contributed by atoms with Gasteiger partial charge in [0.05, 0.1) is 19.3 Å². The SMILES string of the molecule is C=CCO[C@@H]1C[C@H]2CN(Cc3ccc(C)o3)CCN2C1.O=C(O)C(F)(F)F.O=C(O)C(F)(F)F. The second-order valence-corrected chi connectivity index (χ2v) is 7.48. The van der Waals surface area contributed by atoms with E-state index in [1.54, 1.807) is 0 Å². The minimum atomic E-state index is -5.08. The topological polar surface area (TPSA) is 103 Å². The molecule has 2 saturated heterocycles. The molecule has 3 rings (SSSR count). The summed E-state index contributed by atoms with van der Waals surface area (Å²) in [4.78, 5) is 22.9. The second-order valence-electron chi connectivity index (χ2n) is 7.48. The first-order chi connectivity index (χ1) is 15.6.